The predicted octanol–water partition coefficient (Wildman–Crippen LogP) is 5.65. The maximum atomic E-state index is 15.5. The Bertz CT molecular complexity index is 1120. The first kappa shape index (κ1) is 21.8. The van der Waals surface area contributed by atoms with Gasteiger partial charge in [-0.25, -0.2) is 8.78 Å². The van der Waals surface area contributed by atoms with Crippen LogP contribution in [0.5, 0.6) is 0 Å². The summed E-state index contributed by atoms with van der Waals surface area (Å²) in [5.41, 5.74) is 2.61. The van der Waals surface area contributed by atoms with Crippen molar-refractivity contribution >= 4 is 11.9 Å². The molecule has 6 heteroatoms. The van der Waals surface area contributed by atoms with Crippen molar-refractivity contribution in [2.24, 2.45) is 0 Å². The molecular weight excluding hydrogens is 414 g/mol. The summed E-state index contributed by atoms with van der Waals surface area (Å²) in [6.45, 7) is 2.40. The highest BCUT2D eigenvalue weighted by Gasteiger charge is 2.38. The number of hydrogen-bond donors (Lipinski definition) is 1. The lowest BCUT2D eigenvalue weighted by atomic mass is 9.76. The topological polar surface area (TPSA) is 34.0 Å². The molecule has 3 aromatic rings. The Morgan fingerprint density at radius 1 is 1.13 bits per heavy atom. The van der Waals surface area contributed by atoms with E-state index >= 15 is 4.39 Å². The van der Waals surface area contributed by atoms with Gasteiger partial charge >= 0.3 is 0 Å². The van der Waals surface area contributed by atoms with Crippen LogP contribution in [0.3, 0.4) is 0 Å². The molecule has 1 aliphatic rings. The third kappa shape index (κ3) is 4.19. The molecule has 0 radical (unpaired) electrons. The van der Waals surface area contributed by atoms with E-state index in [1.807, 2.05) is 49.6 Å². The van der Waals surface area contributed by atoms with E-state index in [1.54, 1.807) is 29.0 Å². The molecule has 1 heterocycles. The summed E-state index contributed by atoms with van der Waals surface area (Å²) in [6.07, 6.45) is 2.91. The molecule has 3 unspecified atom stereocenters. The molecule has 0 amide bonds. The minimum atomic E-state index is -1.21. The van der Waals surface area contributed by atoms with E-state index in [0.29, 0.717) is 35.2 Å². The summed E-state index contributed by atoms with van der Waals surface area (Å²) in [5.74, 6) is -0.603. The number of pyridine rings is 1. The van der Waals surface area contributed by atoms with E-state index < -0.39 is 6.17 Å². The molecule has 3 atom stereocenters. The molecule has 1 aliphatic carbocycles. The van der Waals surface area contributed by atoms with Crippen LogP contribution in [0, 0.1) is 5.82 Å². The fourth-order valence-corrected chi connectivity index (χ4v) is 5.12. The molecular formula is C25H26F2N2OS. The molecule has 0 bridgehead atoms. The third-order valence-corrected chi connectivity index (χ3v) is 6.64. The summed E-state index contributed by atoms with van der Waals surface area (Å²) in [5, 5.41) is 0. The molecule has 31 heavy (non-hydrogen) atoms. The molecule has 0 saturated heterocycles. The van der Waals surface area contributed by atoms with E-state index in [0.717, 1.165) is 5.56 Å². The normalized spacial score (nSPS) is 20.5. The van der Waals surface area contributed by atoms with Crippen LogP contribution >= 0.6 is 11.9 Å². The number of rotatable bonds is 6. The van der Waals surface area contributed by atoms with E-state index in [4.69, 9.17) is 0 Å². The first-order valence-electron chi connectivity index (χ1n) is 10.5. The standard InChI is InChI=1S/C25H26F2N2OS/c1-3-29-13-12-19-21(26)15-22(28-31-2)20(23(19)25(29)30)14-17-10-7-11-18(24(17)27)16-8-5-4-6-9-16/h4-13,20-22,28H,3,14-15H2,1-2H3. The molecule has 0 fully saturated rings. The summed E-state index contributed by atoms with van der Waals surface area (Å²) < 4.78 is 35.4. The molecule has 0 saturated carbocycles. The highest BCUT2D eigenvalue weighted by Crippen LogP contribution is 2.41. The van der Waals surface area contributed by atoms with Gasteiger partial charge in [-0.2, -0.15) is 0 Å². The van der Waals surface area contributed by atoms with Crippen LogP contribution < -0.4 is 10.3 Å². The second-order valence-corrected chi connectivity index (χ2v) is 8.51. The molecule has 1 N–H and O–H groups in total. The number of aromatic nitrogens is 1. The second-order valence-electron chi connectivity index (χ2n) is 7.86. The minimum absolute atomic E-state index is 0.181. The Hall–Kier alpha value is -2.44. The fourth-order valence-electron chi connectivity index (χ4n) is 4.56. The van der Waals surface area contributed by atoms with Crippen LogP contribution in [0.25, 0.3) is 11.1 Å². The van der Waals surface area contributed by atoms with Gasteiger partial charge in [0.15, 0.2) is 0 Å². The molecule has 1 aromatic heterocycles. The molecule has 0 spiro atoms. The van der Waals surface area contributed by atoms with Gasteiger partial charge in [0.2, 0.25) is 0 Å². The van der Waals surface area contributed by atoms with E-state index in [9.17, 15) is 9.18 Å². The number of nitrogens with one attached hydrogen (secondary N) is 1. The molecule has 3 nitrogen and oxygen atoms in total. The van der Waals surface area contributed by atoms with Crippen molar-refractivity contribution in [2.75, 3.05) is 6.26 Å². The van der Waals surface area contributed by atoms with Crippen LogP contribution in [0.1, 0.15) is 42.1 Å². The van der Waals surface area contributed by atoms with Crippen LogP contribution in [-0.4, -0.2) is 16.9 Å². The second kappa shape index (κ2) is 9.37. The number of hydrogen-bond acceptors (Lipinski definition) is 3. The Kier molecular flexibility index (Phi) is 6.58. The van der Waals surface area contributed by atoms with Gasteiger partial charge < -0.3 is 4.57 Å². The highest BCUT2D eigenvalue weighted by atomic mass is 32.2. The van der Waals surface area contributed by atoms with Crippen molar-refractivity contribution in [1.29, 1.82) is 0 Å². The first-order valence-corrected chi connectivity index (χ1v) is 11.8. The van der Waals surface area contributed by atoms with Crippen molar-refractivity contribution in [3.05, 3.63) is 93.7 Å². The van der Waals surface area contributed by atoms with Gasteiger partial charge in [-0.3, -0.25) is 9.52 Å². The Morgan fingerprint density at radius 3 is 2.61 bits per heavy atom. The Labute approximate surface area is 185 Å². The number of alkyl halides is 1. The van der Waals surface area contributed by atoms with Gasteiger partial charge in [-0.1, -0.05) is 60.5 Å². The molecule has 162 valence electrons. The Balaban J connectivity index is 1.80. The lowest BCUT2D eigenvalue weighted by Gasteiger charge is -2.35. The van der Waals surface area contributed by atoms with Gasteiger partial charge in [0, 0.05) is 35.8 Å². The smallest absolute Gasteiger partial charge is 0.254 e. The molecule has 4 rings (SSSR count). The Morgan fingerprint density at radius 2 is 1.90 bits per heavy atom. The largest absolute Gasteiger partial charge is 0.316 e. The van der Waals surface area contributed by atoms with Crippen LogP contribution in [0.4, 0.5) is 8.78 Å². The number of aryl methyl sites for hydroxylation is 1. The maximum absolute atomic E-state index is 15.5. The van der Waals surface area contributed by atoms with Crippen molar-refractivity contribution in [3.63, 3.8) is 0 Å². The lowest BCUT2D eigenvalue weighted by Crippen LogP contribution is -2.41. The average Bonchev–Trinajstić information content (AvgIpc) is 2.78. The summed E-state index contributed by atoms with van der Waals surface area (Å²) in [4.78, 5) is 13.2. The number of fused-ring (bicyclic) bond motifs is 1. The highest BCUT2D eigenvalue weighted by molar-refractivity contribution is 7.96. The van der Waals surface area contributed by atoms with Crippen molar-refractivity contribution in [3.8, 4) is 11.1 Å². The zero-order chi connectivity index (χ0) is 22.0. The molecule has 2 aromatic carbocycles. The summed E-state index contributed by atoms with van der Waals surface area (Å²) in [6, 6.07) is 16.2. The molecule has 0 aliphatic heterocycles. The average molecular weight is 441 g/mol. The SMILES string of the molecule is CCn1ccc2c(c1=O)C(Cc1cccc(-c3ccccc3)c1F)C(NSC)CC2F. The van der Waals surface area contributed by atoms with Gasteiger partial charge in [0.05, 0.1) is 0 Å². The lowest BCUT2D eigenvalue weighted by molar-refractivity contribution is 0.254. The van der Waals surface area contributed by atoms with Gasteiger partial charge in [0.25, 0.3) is 5.56 Å². The van der Waals surface area contributed by atoms with Crippen LogP contribution in [-0.2, 0) is 13.0 Å². The monoisotopic (exact) mass is 440 g/mol. The van der Waals surface area contributed by atoms with Crippen molar-refractivity contribution < 1.29 is 8.78 Å². The fraction of sp³-hybridized carbons (Fsp3) is 0.320. The van der Waals surface area contributed by atoms with Crippen molar-refractivity contribution in [1.82, 2.24) is 9.29 Å². The van der Waals surface area contributed by atoms with E-state index in [1.165, 1.54) is 11.9 Å². The first-order chi connectivity index (χ1) is 15.0. The number of halogens is 2. The van der Waals surface area contributed by atoms with Crippen LogP contribution in [0.15, 0.2) is 65.6 Å². The zero-order valence-corrected chi connectivity index (χ0v) is 18.5. The van der Waals surface area contributed by atoms with Gasteiger partial charge in [-0.05, 0) is 48.8 Å². The summed E-state index contributed by atoms with van der Waals surface area (Å²) >= 11 is 1.40. The quantitative estimate of drug-likeness (QED) is 0.503. The zero-order valence-electron chi connectivity index (χ0n) is 17.6. The van der Waals surface area contributed by atoms with E-state index in [2.05, 4.69) is 4.72 Å². The third-order valence-electron chi connectivity index (χ3n) is 6.10. The predicted molar refractivity (Wildman–Crippen MR) is 124 cm³/mol. The minimum Gasteiger partial charge on any atom is -0.316 e. The van der Waals surface area contributed by atoms with E-state index in [-0.39, 0.29) is 29.8 Å². The van der Waals surface area contributed by atoms with Gasteiger partial charge in [-0.15, -0.1) is 0 Å². The summed E-state index contributed by atoms with van der Waals surface area (Å²) in [7, 11) is 0. The number of benzene rings is 2. The number of nitrogens with zero attached hydrogens (tertiary/aromatic N) is 1. The van der Waals surface area contributed by atoms with Gasteiger partial charge in [0.1, 0.15) is 12.0 Å². The van der Waals surface area contributed by atoms with Crippen molar-refractivity contribution in [2.45, 2.75) is 44.4 Å². The maximum Gasteiger partial charge on any atom is 0.254 e. The van der Waals surface area contributed by atoms with Crippen LogP contribution in [0.2, 0.25) is 0 Å².